The van der Waals surface area contributed by atoms with Gasteiger partial charge in [0.1, 0.15) is 0 Å². The normalized spacial score (nSPS) is 10.8. The van der Waals surface area contributed by atoms with E-state index in [4.69, 9.17) is 16.7 Å². The quantitative estimate of drug-likeness (QED) is 0.696. The first-order chi connectivity index (χ1) is 5.54. The van der Waals surface area contributed by atoms with Crippen LogP contribution in [0, 0.1) is 6.92 Å². The number of nitrogens with zero attached hydrogens (tertiary/aromatic N) is 1. The summed E-state index contributed by atoms with van der Waals surface area (Å²) in [5.41, 5.74) is -0.220. The Morgan fingerprint density at radius 1 is 1.58 bits per heavy atom. The summed E-state index contributed by atoms with van der Waals surface area (Å²) >= 11 is 5.38. The second-order valence-electron chi connectivity index (χ2n) is 2.28. The lowest BCUT2D eigenvalue weighted by Crippen LogP contribution is -1.92. The molecule has 66 valence electrons. The van der Waals surface area contributed by atoms with Crippen LogP contribution < -0.4 is 0 Å². The smallest absolute Gasteiger partial charge is 0.265 e. The van der Waals surface area contributed by atoms with E-state index in [1.165, 1.54) is 6.92 Å². The minimum Gasteiger partial charge on any atom is -0.504 e. The van der Waals surface area contributed by atoms with E-state index in [-0.39, 0.29) is 22.0 Å². The van der Waals surface area contributed by atoms with Crippen LogP contribution in [0.25, 0.3) is 0 Å². The zero-order valence-corrected chi connectivity index (χ0v) is 6.94. The van der Waals surface area contributed by atoms with E-state index < -0.39 is 6.43 Å². The van der Waals surface area contributed by atoms with Crippen LogP contribution in [0.2, 0.25) is 5.15 Å². The molecular formula is C7H6ClF2NO. The number of halogens is 3. The summed E-state index contributed by atoms with van der Waals surface area (Å²) in [6.45, 7) is 1.37. The van der Waals surface area contributed by atoms with Crippen LogP contribution in [0.4, 0.5) is 8.78 Å². The summed E-state index contributed by atoms with van der Waals surface area (Å²) in [5.74, 6) is -0.380. The van der Waals surface area contributed by atoms with Crippen LogP contribution >= 0.6 is 11.6 Å². The number of hydrogen-bond donors (Lipinski definition) is 1. The minimum atomic E-state index is -2.64. The van der Waals surface area contributed by atoms with Gasteiger partial charge >= 0.3 is 0 Å². The molecule has 0 unspecified atom stereocenters. The molecule has 5 heteroatoms. The summed E-state index contributed by atoms with van der Waals surface area (Å²) in [6.07, 6.45) is -1.68. The van der Waals surface area contributed by atoms with Crippen molar-refractivity contribution in [1.29, 1.82) is 0 Å². The average Bonchev–Trinajstić information content (AvgIpc) is 2.00. The van der Waals surface area contributed by atoms with Crippen molar-refractivity contribution in [2.75, 3.05) is 0 Å². The number of aromatic hydroxyl groups is 1. The highest BCUT2D eigenvalue weighted by Crippen LogP contribution is 2.31. The molecule has 0 amide bonds. The van der Waals surface area contributed by atoms with Gasteiger partial charge < -0.3 is 5.11 Å². The van der Waals surface area contributed by atoms with Gasteiger partial charge in [0.05, 0.1) is 0 Å². The molecule has 2 nitrogen and oxygen atoms in total. The van der Waals surface area contributed by atoms with Gasteiger partial charge in [-0.15, -0.1) is 0 Å². The molecule has 12 heavy (non-hydrogen) atoms. The van der Waals surface area contributed by atoms with Crippen LogP contribution in [0.1, 0.15) is 17.6 Å². The molecule has 1 aromatic rings. The molecule has 1 N–H and O–H groups in total. The largest absolute Gasteiger partial charge is 0.504 e. The fraction of sp³-hybridized carbons (Fsp3) is 0.286. The van der Waals surface area contributed by atoms with Crippen molar-refractivity contribution in [2.24, 2.45) is 0 Å². The number of alkyl halides is 2. The Bertz CT molecular complexity index is 304. The third-order valence-corrected chi connectivity index (χ3v) is 1.81. The van der Waals surface area contributed by atoms with Gasteiger partial charge in [-0.05, 0) is 6.92 Å². The zero-order valence-electron chi connectivity index (χ0n) is 6.18. The molecule has 0 atom stereocenters. The molecule has 0 aliphatic rings. The molecule has 0 spiro atoms. The van der Waals surface area contributed by atoms with Crippen LogP contribution in [-0.4, -0.2) is 10.1 Å². The number of pyridine rings is 1. The van der Waals surface area contributed by atoms with Gasteiger partial charge in [-0.3, -0.25) is 0 Å². The lowest BCUT2D eigenvalue weighted by molar-refractivity contribution is 0.149. The molecule has 0 saturated carbocycles. The predicted octanol–water partition coefficient (Wildman–Crippen LogP) is 2.69. The maximum absolute atomic E-state index is 12.1. The molecule has 0 aromatic carbocycles. The molecule has 1 rings (SSSR count). The second-order valence-corrected chi connectivity index (χ2v) is 2.64. The SMILES string of the molecule is Cc1c(C(F)F)cnc(Cl)c1O. The van der Waals surface area contributed by atoms with Gasteiger partial charge in [-0.25, -0.2) is 13.8 Å². The van der Waals surface area contributed by atoms with Crippen LogP contribution in [0.5, 0.6) is 5.75 Å². The van der Waals surface area contributed by atoms with Crippen molar-refractivity contribution >= 4 is 11.6 Å². The number of rotatable bonds is 1. The summed E-state index contributed by atoms with van der Waals surface area (Å²) in [5, 5.41) is 8.95. The molecule has 0 aliphatic carbocycles. The van der Waals surface area contributed by atoms with E-state index in [0.29, 0.717) is 0 Å². The lowest BCUT2D eigenvalue weighted by Gasteiger charge is -2.06. The summed E-state index contributed by atoms with van der Waals surface area (Å²) in [7, 11) is 0. The highest BCUT2D eigenvalue weighted by molar-refractivity contribution is 6.30. The van der Waals surface area contributed by atoms with E-state index >= 15 is 0 Å². The topological polar surface area (TPSA) is 33.1 Å². The van der Waals surface area contributed by atoms with Gasteiger partial charge in [-0.2, -0.15) is 0 Å². The van der Waals surface area contributed by atoms with Gasteiger partial charge in [0, 0.05) is 17.3 Å². The summed E-state index contributed by atoms with van der Waals surface area (Å²) in [4.78, 5) is 3.40. The van der Waals surface area contributed by atoms with E-state index in [0.717, 1.165) is 6.20 Å². The first kappa shape index (κ1) is 9.19. The van der Waals surface area contributed by atoms with Crippen LogP contribution in [0.15, 0.2) is 6.20 Å². The Morgan fingerprint density at radius 3 is 2.67 bits per heavy atom. The standard InChI is InChI=1S/C7H6ClF2NO/c1-3-4(7(9)10)2-11-6(8)5(3)12/h2,7,12H,1H3. The Balaban J connectivity index is 3.27. The highest BCUT2D eigenvalue weighted by Gasteiger charge is 2.15. The highest BCUT2D eigenvalue weighted by atomic mass is 35.5. The first-order valence-electron chi connectivity index (χ1n) is 3.16. The molecule has 1 aromatic heterocycles. The fourth-order valence-electron chi connectivity index (χ4n) is 0.796. The third kappa shape index (κ3) is 1.48. The van der Waals surface area contributed by atoms with Crippen LogP contribution in [0.3, 0.4) is 0 Å². The van der Waals surface area contributed by atoms with Gasteiger partial charge in [0.2, 0.25) is 0 Å². The van der Waals surface area contributed by atoms with E-state index in [9.17, 15) is 8.78 Å². The number of aromatic nitrogens is 1. The van der Waals surface area contributed by atoms with Crippen molar-refractivity contribution in [3.05, 3.63) is 22.5 Å². The Morgan fingerprint density at radius 2 is 2.17 bits per heavy atom. The Hall–Kier alpha value is -0.900. The van der Waals surface area contributed by atoms with Gasteiger partial charge in [0.15, 0.2) is 10.9 Å². The zero-order chi connectivity index (χ0) is 9.30. The molecule has 1 heterocycles. The van der Waals surface area contributed by atoms with E-state index in [1.54, 1.807) is 0 Å². The van der Waals surface area contributed by atoms with Crippen molar-refractivity contribution in [1.82, 2.24) is 4.98 Å². The van der Waals surface area contributed by atoms with Gasteiger partial charge in [-0.1, -0.05) is 11.6 Å². The summed E-state index contributed by atoms with van der Waals surface area (Å²) in [6, 6.07) is 0. The molecule has 0 fully saturated rings. The maximum Gasteiger partial charge on any atom is 0.265 e. The second kappa shape index (κ2) is 3.23. The third-order valence-electron chi connectivity index (χ3n) is 1.54. The molecule has 0 radical (unpaired) electrons. The molecular weight excluding hydrogens is 188 g/mol. The monoisotopic (exact) mass is 193 g/mol. The first-order valence-corrected chi connectivity index (χ1v) is 3.54. The van der Waals surface area contributed by atoms with Crippen molar-refractivity contribution in [2.45, 2.75) is 13.3 Å². The summed E-state index contributed by atoms with van der Waals surface area (Å²) < 4.78 is 24.3. The van der Waals surface area contributed by atoms with E-state index in [2.05, 4.69) is 4.98 Å². The van der Waals surface area contributed by atoms with E-state index in [1.807, 2.05) is 0 Å². The molecule has 0 aliphatic heterocycles. The van der Waals surface area contributed by atoms with Crippen molar-refractivity contribution in [3.8, 4) is 5.75 Å². The average molecular weight is 194 g/mol. The molecule has 0 saturated heterocycles. The Labute approximate surface area is 72.8 Å². The number of hydrogen-bond acceptors (Lipinski definition) is 2. The predicted molar refractivity (Wildman–Crippen MR) is 40.6 cm³/mol. The minimum absolute atomic E-state index is 0.0741. The lowest BCUT2D eigenvalue weighted by atomic mass is 10.1. The van der Waals surface area contributed by atoms with Crippen molar-refractivity contribution in [3.63, 3.8) is 0 Å². The fourth-order valence-corrected chi connectivity index (χ4v) is 0.986. The molecule has 0 bridgehead atoms. The Kier molecular flexibility index (Phi) is 2.47. The van der Waals surface area contributed by atoms with Crippen molar-refractivity contribution < 1.29 is 13.9 Å². The van der Waals surface area contributed by atoms with Gasteiger partial charge in [0.25, 0.3) is 6.43 Å². The van der Waals surface area contributed by atoms with Crippen LogP contribution in [-0.2, 0) is 0 Å². The maximum atomic E-state index is 12.1.